The number of methoxy groups -OCH3 is 2. The van der Waals surface area contributed by atoms with E-state index in [1.54, 1.807) is 44.3 Å². The van der Waals surface area contributed by atoms with Crippen LogP contribution >= 0.6 is 11.3 Å². The molecular formula is C51H77N7O9S. The third kappa shape index (κ3) is 14.5. The monoisotopic (exact) mass is 964 g/mol. The Bertz CT molecular complexity index is 2000. The number of likely N-dealkylation sites (N-methyl/N-ethyl adjacent to an activating group) is 2. The van der Waals surface area contributed by atoms with Crippen molar-refractivity contribution in [2.45, 2.75) is 149 Å². The maximum atomic E-state index is 14.6. The molecule has 68 heavy (non-hydrogen) atoms. The molecule has 7 amide bonds. The zero-order chi connectivity index (χ0) is 50.2. The molecule has 1 unspecified atom stereocenters. The van der Waals surface area contributed by atoms with Gasteiger partial charge in [-0.2, -0.15) is 0 Å². The van der Waals surface area contributed by atoms with Crippen LogP contribution in [-0.4, -0.2) is 144 Å². The number of nitrogens with one attached hydrogen (secondary N) is 2. The third-order valence-electron chi connectivity index (χ3n) is 13.7. The van der Waals surface area contributed by atoms with Crippen molar-refractivity contribution in [3.8, 4) is 0 Å². The molecular weight excluding hydrogens is 887 g/mol. The van der Waals surface area contributed by atoms with Crippen molar-refractivity contribution in [3.63, 3.8) is 0 Å². The highest BCUT2D eigenvalue weighted by molar-refractivity contribution is 7.09. The van der Waals surface area contributed by atoms with Crippen molar-refractivity contribution in [1.29, 1.82) is 0 Å². The number of aromatic nitrogens is 1. The summed E-state index contributed by atoms with van der Waals surface area (Å²) in [7, 11) is 6.40. The second-order valence-corrected chi connectivity index (χ2v) is 20.0. The molecule has 1 fully saturated rings. The highest BCUT2D eigenvalue weighted by Gasteiger charge is 2.44. The van der Waals surface area contributed by atoms with Gasteiger partial charge in [-0.15, -0.1) is 11.3 Å². The van der Waals surface area contributed by atoms with E-state index in [0.717, 1.165) is 17.0 Å². The Hall–Kier alpha value is -5.00. The summed E-state index contributed by atoms with van der Waals surface area (Å²) in [4.78, 5) is 105. The Morgan fingerprint density at radius 3 is 2.12 bits per heavy atom. The molecule has 0 bridgehead atoms. The van der Waals surface area contributed by atoms with Gasteiger partial charge in [-0.3, -0.25) is 38.5 Å². The van der Waals surface area contributed by atoms with Crippen LogP contribution in [-0.2, 0) is 49.5 Å². The van der Waals surface area contributed by atoms with E-state index >= 15 is 0 Å². The van der Waals surface area contributed by atoms with E-state index in [2.05, 4.69) is 15.6 Å². The minimum absolute atomic E-state index is 0.0212. The number of rotatable bonds is 27. The lowest BCUT2D eigenvalue weighted by Gasteiger charge is -2.41. The molecule has 1 saturated heterocycles. The lowest BCUT2D eigenvalue weighted by molar-refractivity contribution is -0.148. The topological polar surface area (TPSA) is 188 Å². The van der Waals surface area contributed by atoms with Crippen molar-refractivity contribution >= 4 is 52.7 Å². The lowest BCUT2D eigenvalue weighted by atomic mass is 9.89. The Morgan fingerprint density at radius 2 is 1.54 bits per heavy atom. The molecule has 0 saturated carbocycles. The molecule has 17 heteroatoms. The average Bonchev–Trinajstić information content (AvgIpc) is 4.10. The Labute approximate surface area is 407 Å². The summed E-state index contributed by atoms with van der Waals surface area (Å²) in [5.74, 6) is -3.32. The summed E-state index contributed by atoms with van der Waals surface area (Å²) in [5.41, 5.74) is 1.07. The molecule has 0 radical (unpaired) electrons. The van der Waals surface area contributed by atoms with Crippen LogP contribution in [0.3, 0.4) is 0 Å². The molecule has 0 aliphatic carbocycles. The van der Waals surface area contributed by atoms with E-state index in [9.17, 15) is 33.6 Å². The number of imide groups is 1. The molecule has 16 nitrogen and oxygen atoms in total. The molecule has 4 rings (SSSR count). The van der Waals surface area contributed by atoms with E-state index in [-0.39, 0.29) is 84.7 Å². The molecule has 2 aliphatic heterocycles. The van der Waals surface area contributed by atoms with Gasteiger partial charge in [0.05, 0.1) is 42.7 Å². The van der Waals surface area contributed by atoms with Crippen molar-refractivity contribution < 1.29 is 43.0 Å². The predicted molar refractivity (Wildman–Crippen MR) is 262 cm³/mol. The highest BCUT2D eigenvalue weighted by Crippen LogP contribution is 2.31. The van der Waals surface area contributed by atoms with E-state index < -0.39 is 42.2 Å². The second kappa shape index (κ2) is 26.7. The number of carbonyl (C=O) groups excluding carboxylic acids is 7. The van der Waals surface area contributed by atoms with Crippen LogP contribution in [0.5, 0.6) is 0 Å². The molecule has 0 spiro atoms. The standard InChI is InChI=1S/C51H77N7O9S/c1-12-34(6)46(56(9)51(65)44(32(2)3)54-49(64)45(33(4)5)55(8)40(59)23-17-14-18-27-58-41(60)24-25-42(58)61)39(66-10)31-43(62)57-28-19-22-38(57)47(67-11)35(7)48(63)53-37(50-52-26-29-68-50)30-36-20-15-13-16-21-36/h13,15-16,20-21,24-26,29,32-35,37-39,44-47H,12,14,17-19,22-23,27-28,30-31H2,1-11H3,(H,53,63)(H,54,64)/t34-,35-,37+,38?,39-,44-,45-,46+,47-/m1/s1. The number of ether oxygens (including phenoxy) is 2. The SMILES string of the molecule is CC[C@@H](C)[C@@H]([C@@H](CC(=O)N1CCCC1[C@H](OC)[C@@H](C)C(=O)N[C@@H](Cc1ccccc1)c1nccs1)OC)N(C)C(=O)[C@H](NC(=O)[C@@H](C(C)C)N(C)C(=O)CCCCCN1C(=O)C=CC1=O)C(C)C. The molecule has 376 valence electrons. The molecule has 3 heterocycles. The van der Waals surface area contributed by atoms with Gasteiger partial charge in [0.1, 0.15) is 17.1 Å². The number of hydrogen-bond acceptors (Lipinski definition) is 11. The fourth-order valence-electron chi connectivity index (χ4n) is 9.67. The summed E-state index contributed by atoms with van der Waals surface area (Å²) >= 11 is 1.49. The average molecular weight is 964 g/mol. The fraction of sp³-hybridized carbons (Fsp3) is 0.647. The van der Waals surface area contributed by atoms with Gasteiger partial charge in [-0.1, -0.05) is 91.6 Å². The number of thiazole rings is 1. The smallest absolute Gasteiger partial charge is 0.253 e. The molecule has 1 aromatic carbocycles. The maximum absolute atomic E-state index is 14.6. The zero-order valence-electron chi connectivity index (χ0n) is 42.1. The lowest BCUT2D eigenvalue weighted by Crippen LogP contribution is -2.60. The van der Waals surface area contributed by atoms with E-state index in [1.165, 1.54) is 33.3 Å². The normalized spacial score (nSPS) is 18.5. The van der Waals surface area contributed by atoms with Gasteiger partial charge in [0.15, 0.2) is 0 Å². The number of unbranched alkanes of at least 4 members (excludes halogenated alkanes) is 2. The maximum Gasteiger partial charge on any atom is 0.253 e. The number of likely N-dealkylation sites (tertiary alicyclic amines) is 1. The Balaban J connectivity index is 1.42. The summed E-state index contributed by atoms with van der Waals surface area (Å²) in [6, 6.07) is 6.91. The first-order chi connectivity index (χ1) is 32.4. The third-order valence-corrected chi connectivity index (χ3v) is 14.6. The highest BCUT2D eigenvalue weighted by atomic mass is 32.1. The summed E-state index contributed by atoms with van der Waals surface area (Å²) in [6.07, 6.45) is 7.44. The first-order valence-electron chi connectivity index (χ1n) is 24.3. The van der Waals surface area contributed by atoms with Crippen molar-refractivity contribution in [3.05, 3.63) is 64.6 Å². The Kier molecular flexibility index (Phi) is 21.8. The predicted octanol–water partition coefficient (Wildman–Crippen LogP) is 5.57. The summed E-state index contributed by atoms with van der Waals surface area (Å²) in [5, 5.41) is 8.92. The fourth-order valence-corrected chi connectivity index (χ4v) is 10.4. The van der Waals surface area contributed by atoms with E-state index in [4.69, 9.17) is 9.47 Å². The molecule has 2 aromatic rings. The Morgan fingerprint density at radius 1 is 0.868 bits per heavy atom. The van der Waals surface area contributed by atoms with Gasteiger partial charge in [0.2, 0.25) is 29.5 Å². The zero-order valence-corrected chi connectivity index (χ0v) is 43.0. The van der Waals surface area contributed by atoms with Gasteiger partial charge < -0.3 is 34.8 Å². The molecule has 9 atom stereocenters. The van der Waals surface area contributed by atoms with Gasteiger partial charge >= 0.3 is 0 Å². The number of benzene rings is 1. The molecule has 2 aliphatic rings. The van der Waals surface area contributed by atoms with E-state index in [1.807, 2.05) is 84.2 Å². The van der Waals surface area contributed by atoms with Crippen LogP contribution in [0.4, 0.5) is 0 Å². The first kappa shape index (κ1) is 55.6. The van der Waals surface area contributed by atoms with Gasteiger partial charge in [-0.25, -0.2) is 4.98 Å². The minimum atomic E-state index is -0.941. The summed E-state index contributed by atoms with van der Waals surface area (Å²) in [6.45, 7) is 14.1. The van der Waals surface area contributed by atoms with Crippen LogP contribution in [0.15, 0.2) is 54.1 Å². The minimum Gasteiger partial charge on any atom is -0.379 e. The molecule has 2 N–H and O–H groups in total. The number of nitrogens with zero attached hydrogens (tertiary/aromatic N) is 5. The largest absolute Gasteiger partial charge is 0.379 e. The number of carbonyl (C=O) groups is 7. The van der Waals surface area contributed by atoms with Crippen LogP contribution in [0.1, 0.15) is 116 Å². The van der Waals surface area contributed by atoms with Crippen LogP contribution in [0.25, 0.3) is 0 Å². The second-order valence-electron chi connectivity index (χ2n) is 19.1. The van der Waals surface area contributed by atoms with Crippen LogP contribution < -0.4 is 10.6 Å². The van der Waals surface area contributed by atoms with Gasteiger partial charge in [0, 0.05) is 71.6 Å². The quantitative estimate of drug-likeness (QED) is 0.0847. The van der Waals surface area contributed by atoms with Gasteiger partial charge in [-0.05, 0) is 55.4 Å². The number of amides is 7. The van der Waals surface area contributed by atoms with Crippen LogP contribution in [0, 0.1) is 23.7 Å². The van der Waals surface area contributed by atoms with E-state index in [0.29, 0.717) is 45.1 Å². The van der Waals surface area contributed by atoms with Crippen molar-refractivity contribution in [2.24, 2.45) is 23.7 Å². The van der Waals surface area contributed by atoms with Crippen molar-refractivity contribution in [1.82, 2.24) is 35.2 Å². The van der Waals surface area contributed by atoms with Crippen molar-refractivity contribution in [2.75, 3.05) is 41.4 Å². The van der Waals surface area contributed by atoms with Crippen LogP contribution in [0.2, 0.25) is 0 Å². The molecule has 1 aromatic heterocycles. The van der Waals surface area contributed by atoms with Gasteiger partial charge in [0.25, 0.3) is 11.8 Å². The summed E-state index contributed by atoms with van der Waals surface area (Å²) < 4.78 is 12.1. The first-order valence-corrected chi connectivity index (χ1v) is 25.2. The number of hydrogen-bond donors (Lipinski definition) is 2.